The molecule has 0 fully saturated rings. The van der Waals surface area contributed by atoms with E-state index in [4.69, 9.17) is 9.47 Å². The molecule has 1 heterocycles. The molecule has 0 saturated carbocycles. The van der Waals surface area contributed by atoms with E-state index in [-0.39, 0.29) is 12.2 Å². The highest BCUT2D eigenvalue weighted by Crippen LogP contribution is 2.30. The van der Waals surface area contributed by atoms with E-state index in [0.717, 1.165) is 5.56 Å². The number of aryl methyl sites for hydroxylation is 1. The van der Waals surface area contributed by atoms with Gasteiger partial charge >= 0.3 is 5.97 Å². The van der Waals surface area contributed by atoms with Crippen LogP contribution in [0.1, 0.15) is 41.6 Å². The van der Waals surface area contributed by atoms with Crippen molar-refractivity contribution in [1.29, 1.82) is 0 Å². The molecule has 0 amide bonds. The zero-order valence-electron chi connectivity index (χ0n) is 15.0. The molecule has 0 radical (unpaired) electrons. The van der Waals surface area contributed by atoms with Gasteiger partial charge in [-0.15, -0.1) is 11.3 Å². The maximum atomic E-state index is 12.3. The molecule has 0 unspecified atom stereocenters. The van der Waals surface area contributed by atoms with Gasteiger partial charge in [0.05, 0.1) is 19.4 Å². The van der Waals surface area contributed by atoms with Crippen LogP contribution in [0.3, 0.4) is 0 Å². The maximum absolute atomic E-state index is 12.3. The Hall–Kier alpha value is -2.28. The van der Waals surface area contributed by atoms with Gasteiger partial charge in [0.1, 0.15) is 15.6 Å². The fourth-order valence-electron chi connectivity index (χ4n) is 2.28. The molecule has 0 aliphatic carbocycles. The third-order valence-electron chi connectivity index (χ3n) is 3.80. The SMILES string of the molecule is COc1cccc(-c2nc(C)c(C(=O)OCCCCC(C)=C(F)F)s2)c1. The van der Waals surface area contributed by atoms with Gasteiger partial charge in [0.15, 0.2) is 0 Å². The number of hydrogen-bond acceptors (Lipinski definition) is 5. The molecule has 1 aromatic carbocycles. The van der Waals surface area contributed by atoms with E-state index in [1.165, 1.54) is 18.3 Å². The van der Waals surface area contributed by atoms with Crippen molar-refractivity contribution in [3.05, 3.63) is 46.5 Å². The van der Waals surface area contributed by atoms with Crippen LogP contribution in [0.25, 0.3) is 10.6 Å². The van der Waals surface area contributed by atoms with Crippen LogP contribution < -0.4 is 4.74 Å². The molecule has 4 nitrogen and oxygen atoms in total. The van der Waals surface area contributed by atoms with Gasteiger partial charge in [-0.05, 0) is 50.8 Å². The second-order valence-electron chi connectivity index (χ2n) is 5.80. The minimum atomic E-state index is -1.63. The lowest BCUT2D eigenvalue weighted by Gasteiger charge is -2.04. The van der Waals surface area contributed by atoms with Crippen molar-refractivity contribution in [1.82, 2.24) is 4.98 Å². The van der Waals surface area contributed by atoms with Crippen molar-refractivity contribution in [2.24, 2.45) is 0 Å². The second kappa shape index (κ2) is 9.43. The van der Waals surface area contributed by atoms with Gasteiger partial charge < -0.3 is 9.47 Å². The number of thiazole rings is 1. The number of ether oxygens (including phenoxy) is 2. The van der Waals surface area contributed by atoms with Crippen LogP contribution in [0.4, 0.5) is 8.78 Å². The average Bonchev–Trinajstić information content (AvgIpc) is 3.03. The summed E-state index contributed by atoms with van der Waals surface area (Å²) >= 11 is 1.26. The predicted octanol–water partition coefficient (Wildman–Crippen LogP) is 5.62. The number of allylic oxidation sites excluding steroid dienone is 1. The molecule has 0 N–H and O–H groups in total. The van der Waals surface area contributed by atoms with Gasteiger partial charge in [0, 0.05) is 5.56 Å². The molecule has 0 bridgehead atoms. The number of carbonyl (C=O) groups is 1. The third kappa shape index (κ3) is 5.36. The minimum Gasteiger partial charge on any atom is -0.497 e. The first-order chi connectivity index (χ1) is 12.4. The number of halogens is 2. The Morgan fingerprint density at radius 1 is 1.27 bits per heavy atom. The Morgan fingerprint density at radius 2 is 2.04 bits per heavy atom. The molecule has 140 valence electrons. The Bertz CT molecular complexity index is 798. The molecular formula is C19H21F2NO3S. The summed E-state index contributed by atoms with van der Waals surface area (Å²) in [5.41, 5.74) is 1.56. The third-order valence-corrected chi connectivity index (χ3v) is 4.99. The van der Waals surface area contributed by atoms with E-state index in [9.17, 15) is 13.6 Å². The maximum Gasteiger partial charge on any atom is 0.350 e. The van der Waals surface area contributed by atoms with Gasteiger partial charge in [0.2, 0.25) is 0 Å². The number of esters is 1. The molecular weight excluding hydrogens is 360 g/mol. The molecule has 1 aromatic heterocycles. The number of carbonyl (C=O) groups excluding carboxylic acids is 1. The molecule has 0 aliphatic rings. The highest BCUT2D eigenvalue weighted by Gasteiger charge is 2.17. The number of unbranched alkanes of at least 4 members (excludes halogenated alkanes) is 1. The van der Waals surface area contributed by atoms with Gasteiger partial charge in [-0.1, -0.05) is 12.1 Å². The summed E-state index contributed by atoms with van der Waals surface area (Å²) < 4.78 is 35.1. The number of hydrogen-bond donors (Lipinski definition) is 0. The molecule has 26 heavy (non-hydrogen) atoms. The zero-order valence-corrected chi connectivity index (χ0v) is 15.8. The van der Waals surface area contributed by atoms with E-state index in [0.29, 0.717) is 40.6 Å². The minimum absolute atomic E-state index is 0.0811. The Labute approximate surface area is 155 Å². The molecule has 2 aromatic rings. The van der Waals surface area contributed by atoms with Gasteiger partial charge in [-0.25, -0.2) is 9.78 Å². The predicted molar refractivity (Wildman–Crippen MR) is 97.9 cm³/mol. The van der Waals surface area contributed by atoms with Crippen molar-refractivity contribution in [3.8, 4) is 16.3 Å². The first-order valence-corrected chi connectivity index (χ1v) is 9.03. The largest absolute Gasteiger partial charge is 0.497 e. The summed E-state index contributed by atoms with van der Waals surface area (Å²) in [5, 5.41) is 0.715. The number of nitrogens with zero attached hydrogens (tertiary/aromatic N) is 1. The lowest BCUT2D eigenvalue weighted by molar-refractivity contribution is 0.0503. The lowest BCUT2D eigenvalue weighted by Crippen LogP contribution is -2.06. The fraction of sp³-hybridized carbons (Fsp3) is 0.368. The summed E-state index contributed by atoms with van der Waals surface area (Å²) in [6.07, 6.45) is -0.240. The number of aromatic nitrogens is 1. The van der Waals surface area contributed by atoms with E-state index >= 15 is 0 Å². The highest BCUT2D eigenvalue weighted by atomic mass is 32.1. The van der Waals surface area contributed by atoms with E-state index in [1.807, 2.05) is 24.3 Å². The normalized spacial score (nSPS) is 10.5. The van der Waals surface area contributed by atoms with E-state index in [1.54, 1.807) is 14.0 Å². The van der Waals surface area contributed by atoms with Gasteiger partial charge in [-0.2, -0.15) is 8.78 Å². The Morgan fingerprint density at radius 3 is 2.73 bits per heavy atom. The number of rotatable bonds is 8. The van der Waals surface area contributed by atoms with Crippen LogP contribution >= 0.6 is 11.3 Å². The van der Waals surface area contributed by atoms with Crippen LogP contribution in [0.5, 0.6) is 5.75 Å². The smallest absolute Gasteiger partial charge is 0.350 e. The Kier molecular flexibility index (Phi) is 7.26. The molecule has 7 heteroatoms. The van der Waals surface area contributed by atoms with Crippen molar-refractivity contribution in [2.75, 3.05) is 13.7 Å². The zero-order chi connectivity index (χ0) is 19.1. The molecule has 0 aliphatic heterocycles. The van der Waals surface area contributed by atoms with Crippen molar-refractivity contribution in [2.45, 2.75) is 33.1 Å². The van der Waals surface area contributed by atoms with Crippen LogP contribution in [0, 0.1) is 6.92 Å². The van der Waals surface area contributed by atoms with Crippen molar-refractivity contribution in [3.63, 3.8) is 0 Å². The first-order valence-electron chi connectivity index (χ1n) is 8.22. The quantitative estimate of drug-likeness (QED) is 0.439. The summed E-state index contributed by atoms with van der Waals surface area (Å²) in [4.78, 5) is 17.1. The van der Waals surface area contributed by atoms with Crippen LogP contribution in [-0.4, -0.2) is 24.7 Å². The average molecular weight is 381 g/mol. The Balaban J connectivity index is 1.93. The summed E-state index contributed by atoms with van der Waals surface area (Å²) in [6, 6.07) is 7.45. The van der Waals surface area contributed by atoms with Gasteiger partial charge in [-0.3, -0.25) is 0 Å². The number of methoxy groups -OCH3 is 1. The fourth-order valence-corrected chi connectivity index (χ4v) is 3.24. The molecule has 0 spiro atoms. The van der Waals surface area contributed by atoms with E-state index < -0.39 is 12.0 Å². The monoisotopic (exact) mass is 381 g/mol. The molecule has 2 rings (SSSR count). The van der Waals surface area contributed by atoms with Crippen molar-refractivity contribution < 1.29 is 23.0 Å². The molecule has 0 saturated heterocycles. The summed E-state index contributed by atoms with van der Waals surface area (Å²) in [5.74, 6) is 0.284. The van der Waals surface area contributed by atoms with Crippen LogP contribution in [0.15, 0.2) is 35.9 Å². The second-order valence-corrected chi connectivity index (χ2v) is 6.80. The van der Waals surface area contributed by atoms with Crippen LogP contribution in [-0.2, 0) is 4.74 Å². The lowest BCUT2D eigenvalue weighted by atomic mass is 10.1. The highest BCUT2D eigenvalue weighted by molar-refractivity contribution is 7.17. The molecule has 0 atom stereocenters. The summed E-state index contributed by atoms with van der Waals surface area (Å²) in [7, 11) is 1.59. The van der Waals surface area contributed by atoms with Gasteiger partial charge in [0.25, 0.3) is 6.08 Å². The van der Waals surface area contributed by atoms with Crippen molar-refractivity contribution >= 4 is 17.3 Å². The van der Waals surface area contributed by atoms with E-state index in [2.05, 4.69) is 4.98 Å². The first kappa shape index (κ1) is 20.0. The topological polar surface area (TPSA) is 48.4 Å². The van der Waals surface area contributed by atoms with Crippen LogP contribution in [0.2, 0.25) is 0 Å². The number of benzene rings is 1. The summed E-state index contributed by atoms with van der Waals surface area (Å²) in [6.45, 7) is 3.36. The standard InChI is InChI=1S/C19H21F2NO3S/c1-12(17(20)21)7-4-5-10-25-19(23)16-13(2)22-18(26-16)14-8-6-9-15(11-14)24-3/h6,8-9,11H,4-5,7,10H2,1-3H3.